The number of nitrogens with one attached hydrogen (secondary N) is 2. The lowest BCUT2D eigenvalue weighted by molar-refractivity contribution is -0.144. The SMILES string of the molecule is CCCC(=O)N1C(Cc2ccc(OC)cc2)C(=O)N(c2ccc(CC(NC(=O)C3(CCNC(C)=O)CCCC3)C(=O)O)cc2)C1CCc1ccccc1. The maximum absolute atomic E-state index is 14.5. The summed E-state index contributed by atoms with van der Waals surface area (Å²) in [5.74, 6) is -1.15. The minimum absolute atomic E-state index is 0.0513. The zero-order valence-electron chi connectivity index (χ0n) is 31.0. The first-order valence-electron chi connectivity index (χ1n) is 18.7. The van der Waals surface area contributed by atoms with Gasteiger partial charge in [-0.1, -0.05) is 74.4 Å². The molecule has 11 nitrogen and oxygen atoms in total. The van der Waals surface area contributed by atoms with Crippen molar-refractivity contribution in [3.63, 3.8) is 0 Å². The number of carboxylic acids is 1. The van der Waals surface area contributed by atoms with E-state index in [1.165, 1.54) is 6.92 Å². The predicted octanol–water partition coefficient (Wildman–Crippen LogP) is 5.44. The van der Waals surface area contributed by atoms with E-state index in [4.69, 9.17) is 4.74 Å². The molecule has 1 aliphatic carbocycles. The van der Waals surface area contributed by atoms with Gasteiger partial charge in [0.25, 0.3) is 5.91 Å². The molecule has 4 amide bonds. The standard InChI is InChI=1S/C42H52N4O7/c1-4-10-38(48)46-36(28-32-15-20-34(53-3)21-16-32)39(49)45(37(46)22-17-30-11-6-5-7-12-30)33-18-13-31(14-19-33)27-35(40(50)51)44-41(52)42(23-8-9-24-42)25-26-43-29(2)47/h5-7,11-16,18-21,35-37H,4,8-10,17,22-28H2,1-3H3,(H,43,47)(H,44,52)(H,50,51). The Kier molecular flexibility index (Phi) is 13.3. The summed E-state index contributed by atoms with van der Waals surface area (Å²) in [6.45, 7) is 3.74. The van der Waals surface area contributed by atoms with Crippen LogP contribution in [0.25, 0.3) is 0 Å². The third-order valence-electron chi connectivity index (χ3n) is 10.6. The van der Waals surface area contributed by atoms with Crippen molar-refractivity contribution in [3.8, 4) is 5.75 Å². The Bertz CT molecular complexity index is 1720. The van der Waals surface area contributed by atoms with E-state index in [1.54, 1.807) is 41.2 Å². The van der Waals surface area contributed by atoms with E-state index in [2.05, 4.69) is 10.6 Å². The Balaban J connectivity index is 1.39. The summed E-state index contributed by atoms with van der Waals surface area (Å²) < 4.78 is 5.33. The molecule has 2 fully saturated rings. The molecule has 3 aromatic carbocycles. The lowest BCUT2D eigenvalue weighted by atomic mass is 9.81. The maximum atomic E-state index is 14.5. The molecule has 282 valence electrons. The largest absolute Gasteiger partial charge is 0.497 e. The number of hydrogen-bond acceptors (Lipinski definition) is 6. The summed E-state index contributed by atoms with van der Waals surface area (Å²) in [5.41, 5.74) is 2.60. The molecule has 11 heteroatoms. The number of benzene rings is 3. The minimum atomic E-state index is -1.16. The summed E-state index contributed by atoms with van der Waals surface area (Å²) in [5, 5.41) is 15.7. The zero-order chi connectivity index (χ0) is 38.0. The van der Waals surface area contributed by atoms with Crippen LogP contribution in [-0.4, -0.2) is 71.5 Å². The zero-order valence-corrected chi connectivity index (χ0v) is 31.0. The number of hydrogen-bond donors (Lipinski definition) is 3. The molecule has 3 unspecified atom stereocenters. The van der Waals surface area contributed by atoms with Gasteiger partial charge < -0.3 is 25.4 Å². The number of carbonyl (C=O) groups excluding carboxylic acids is 4. The second-order valence-corrected chi connectivity index (χ2v) is 14.3. The van der Waals surface area contributed by atoms with Gasteiger partial charge in [-0.3, -0.25) is 24.1 Å². The number of anilines is 1. The smallest absolute Gasteiger partial charge is 0.326 e. The first kappa shape index (κ1) is 39.0. The van der Waals surface area contributed by atoms with Crippen LogP contribution in [0.4, 0.5) is 5.69 Å². The summed E-state index contributed by atoms with van der Waals surface area (Å²) >= 11 is 0. The maximum Gasteiger partial charge on any atom is 0.326 e. The van der Waals surface area contributed by atoms with Crippen molar-refractivity contribution < 1.29 is 33.8 Å². The fraction of sp³-hybridized carbons (Fsp3) is 0.452. The van der Waals surface area contributed by atoms with Crippen LogP contribution in [0.1, 0.15) is 81.9 Å². The molecule has 3 atom stereocenters. The summed E-state index contributed by atoms with van der Waals surface area (Å²) in [7, 11) is 1.60. The van der Waals surface area contributed by atoms with Gasteiger partial charge in [0.05, 0.1) is 12.5 Å². The number of ether oxygens (including phenoxy) is 1. The first-order valence-corrected chi connectivity index (χ1v) is 18.7. The topological polar surface area (TPSA) is 145 Å². The molecule has 0 bridgehead atoms. The molecule has 0 aromatic heterocycles. The third-order valence-corrected chi connectivity index (χ3v) is 10.6. The van der Waals surface area contributed by atoms with Gasteiger partial charge in [-0.25, -0.2) is 4.79 Å². The highest BCUT2D eigenvalue weighted by Gasteiger charge is 2.48. The highest BCUT2D eigenvalue weighted by Crippen LogP contribution is 2.41. The average Bonchev–Trinajstić information content (AvgIpc) is 3.74. The highest BCUT2D eigenvalue weighted by atomic mass is 16.5. The van der Waals surface area contributed by atoms with Crippen LogP contribution in [-0.2, 0) is 43.2 Å². The van der Waals surface area contributed by atoms with E-state index in [0.29, 0.717) is 74.9 Å². The number of aliphatic carboxylic acids is 1. The Morgan fingerprint density at radius 3 is 2.19 bits per heavy atom. The second-order valence-electron chi connectivity index (χ2n) is 14.3. The van der Waals surface area contributed by atoms with E-state index < -0.39 is 29.6 Å². The fourth-order valence-corrected chi connectivity index (χ4v) is 7.78. The van der Waals surface area contributed by atoms with Crippen LogP contribution in [0.5, 0.6) is 5.75 Å². The van der Waals surface area contributed by atoms with Crippen molar-refractivity contribution >= 4 is 35.3 Å². The molecule has 1 aliphatic heterocycles. The molecule has 0 spiro atoms. The molecular weight excluding hydrogens is 672 g/mol. The van der Waals surface area contributed by atoms with Crippen LogP contribution < -0.4 is 20.3 Å². The lowest BCUT2D eigenvalue weighted by Gasteiger charge is -2.32. The first-order chi connectivity index (χ1) is 25.5. The van der Waals surface area contributed by atoms with E-state index in [9.17, 15) is 29.1 Å². The predicted molar refractivity (Wildman–Crippen MR) is 202 cm³/mol. The fourth-order valence-electron chi connectivity index (χ4n) is 7.78. The quantitative estimate of drug-likeness (QED) is 0.168. The number of amides is 4. The van der Waals surface area contributed by atoms with Crippen LogP contribution in [0, 0.1) is 5.41 Å². The van der Waals surface area contributed by atoms with Crippen LogP contribution in [0.3, 0.4) is 0 Å². The molecule has 53 heavy (non-hydrogen) atoms. The Morgan fingerprint density at radius 1 is 0.925 bits per heavy atom. The molecule has 3 aromatic rings. The molecule has 0 radical (unpaired) electrons. The molecule has 1 saturated heterocycles. The number of methoxy groups -OCH3 is 1. The second kappa shape index (κ2) is 18.0. The van der Waals surface area contributed by atoms with Crippen molar-refractivity contribution in [2.24, 2.45) is 5.41 Å². The van der Waals surface area contributed by atoms with Gasteiger partial charge in [-0.15, -0.1) is 0 Å². The minimum Gasteiger partial charge on any atom is -0.497 e. The monoisotopic (exact) mass is 724 g/mol. The average molecular weight is 725 g/mol. The van der Waals surface area contributed by atoms with Crippen LogP contribution in [0.2, 0.25) is 0 Å². The molecule has 3 N–H and O–H groups in total. The van der Waals surface area contributed by atoms with Crippen LogP contribution >= 0.6 is 0 Å². The normalized spacial score (nSPS) is 18.4. The number of rotatable bonds is 17. The van der Waals surface area contributed by atoms with Gasteiger partial charge in [0.15, 0.2) is 0 Å². The summed E-state index contributed by atoms with van der Waals surface area (Å²) in [6, 6.07) is 22.8. The molecule has 2 aliphatic rings. The van der Waals surface area contributed by atoms with E-state index in [-0.39, 0.29) is 30.0 Å². The van der Waals surface area contributed by atoms with Gasteiger partial charge in [-0.05, 0) is 79.5 Å². The van der Waals surface area contributed by atoms with E-state index in [1.807, 2.05) is 61.5 Å². The van der Waals surface area contributed by atoms with Crippen molar-refractivity contribution in [1.29, 1.82) is 0 Å². The van der Waals surface area contributed by atoms with Crippen molar-refractivity contribution in [2.45, 2.75) is 103 Å². The van der Waals surface area contributed by atoms with E-state index in [0.717, 1.165) is 24.0 Å². The number of carbonyl (C=O) groups is 5. The Hall–Kier alpha value is -5.19. The summed E-state index contributed by atoms with van der Waals surface area (Å²) in [6.07, 6.45) is 5.51. The van der Waals surface area contributed by atoms with E-state index >= 15 is 0 Å². The highest BCUT2D eigenvalue weighted by molar-refractivity contribution is 6.03. The number of aryl methyl sites for hydroxylation is 1. The van der Waals surface area contributed by atoms with Gasteiger partial charge in [0.2, 0.25) is 17.7 Å². The lowest BCUT2D eigenvalue weighted by Crippen LogP contribution is -2.49. The van der Waals surface area contributed by atoms with Crippen molar-refractivity contribution in [1.82, 2.24) is 15.5 Å². The van der Waals surface area contributed by atoms with Gasteiger partial charge in [-0.2, -0.15) is 0 Å². The number of nitrogens with zero attached hydrogens (tertiary/aromatic N) is 2. The molecule has 5 rings (SSSR count). The molecular formula is C42H52N4O7. The van der Waals surface area contributed by atoms with Crippen molar-refractivity contribution in [2.75, 3.05) is 18.6 Å². The summed E-state index contributed by atoms with van der Waals surface area (Å²) in [4.78, 5) is 69.3. The Labute approximate surface area is 312 Å². The van der Waals surface area contributed by atoms with Gasteiger partial charge in [0, 0.05) is 38.4 Å². The number of carboxylic acid groups (broad SMARTS) is 1. The van der Waals surface area contributed by atoms with Crippen LogP contribution in [0.15, 0.2) is 78.9 Å². The Morgan fingerprint density at radius 2 is 1.58 bits per heavy atom. The molecule has 1 heterocycles. The van der Waals surface area contributed by atoms with Gasteiger partial charge >= 0.3 is 5.97 Å². The van der Waals surface area contributed by atoms with Gasteiger partial charge in [0.1, 0.15) is 24.0 Å². The molecule has 1 saturated carbocycles. The third kappa shape index (κ3) is 9.63. The van der Waals surface area contributed by atoms with Crippen molar-refractivity contribution in [3.05, 3.63) is 95.6 Å².